The van der Waals surface area contributed by atoms with Gasteiger partial charge in [0.25, 0.3) is 0 Å². The molecule has 0 amide bonds. The zero-order valence-electron chi connectivity index (χ0n) is 20.8. The highest BCUT2D eigenvalue weighted by Crippen LogP contribution is 2.17. The summed E-state index contributed by atoms with van der Waals surface area (Å²) in [6.45, 7) is 5.71. The molecular weight excluding hydrogens is 382 g/mol. The van der Waals surface area contributed by atoms with E-state index in [0.29, 0.717) is 13.0 Å². The van der Waals surface area contributed by atoms with Crippen molar-refractivity contribution in [3.63, 3.8) is 0 Å². The second-order valence-corrected chi connectivity index (χ2v) is 8.99. The van der Waals surface area contributed by atoms with E-state index in [2.05, 4.69) is 43.1 Å². The maximum atomic E-state index is 11.5. The van der Waals surface area contributed by atoms with E-state index in [1.807, 2.05) is 6.92 Å². The van der Waals surface area contributed by atoms with Crippen LogP contribution in [0.2, 0.25) is 0 Å². The SMILES string of the molecule is CCCCCCCCCCCCCCCCN(C)c1ccc(CCC(=O)OCC)cc1. The van der Waals surface area contributed by atoms with Gasteiger partial charge in [-0.05, 0) is 37.5 Å². The number of rotatable bonds is 20. The maximum absolute atomic E-state index is 11.5. The number of anilines is 1. The van der Waals surface area contributed by atoms with Gasteiger partial charge in [0.15, 0.2) is 0 Å². The van der Waals surface area contributed by atoms with Crippen LogP contribution in [0.15, 0.2) is 24.3 Å². The van der Waals surface area contributed by atoms with Crippen molar-refractivity contribution < 1.29 is 9.53 Å². The van der Waals surface area contributed by atoms with Crippen molar-refractivity contribution in [3.8, 4) is 0 Å². The molecule has 0 bridgehead atoms. The number of aryl methyl sites for hydroxylation is 1. The number of unbranched alkanes of at least 4 members (excludes halogenated alkanes) is 13. The fraction of sp³-hybridized carbons (Fsp3) is 0.750. The van der Waals surface area contributed by atoms with Crippen LogP contribution >= 0.6 is 0 Å². The topological polar surface area (TPSA) is 29.5 Å². The van der Waals surface area contributed by atoms with Crippen molar-refractivity contribution in [2.45, 2.75) is 117 Å². The molecule has 0 aliphatic carbocycles. The van der Waals surface area contributed by atoms with Crippen molar-refractivity contribution in [2.75, 3.05) is 25.1 Å². The molecule has 0 radical (unpaired) electrons. The van der Waals surface area contributed by atoms with Crippen LogP contribution in [0.3, 0.4) is 0 Å². The van der Waals surface area contributed by atoms with Crippen molar-refractivity contribution in [1.29, 1.82) is 0 Å². The lowest BCUT2D eigenvalue weighted by Gasteiger charge is -2.19. The first-order chi connectivity index (χ1) is 15.2. The van der Waals surface area contributed by atoms with Gasteiger partial charge in [0, 0.05) is 25.7 Å². The molecule has 0 atom stereocenters. The number of carbonyl (C=O) groups is 1. The first-order valence-electron chi connectivity index (χ1n) is 13.1. The first kappa shape index (κ1) is 27.5. The molecule has 0 saturated carbocycles. The monoisotopic (exact) mass is 431 g/mol. The molecule has 0 saturated heterocycles. The molecule has 0 aliphatic heterocycles. The van der Waals surface area contributed by atoms with Crippen LogP contribution in [0.4, 0.5) is 5.69 Å². The van der Waals surface area contributed by atoms with Gasteiger partial charge in [-0.2, -0.15) is 0 Å². The van der Waals surface area contributed by atoms with E-state index in [9.17, 15) is 4.79 Å². The highest BCUT2D eigenvalue weighted by Gasteiger charge is 2.04. The summed E-state index contributed by atoms with van der Waals surface area (Å²) in [7, 11) is 2.18. The molecule has 0 aromatic heterocycles. The van der Waals surface area contributed by atoms with Crippen molar-refractivity contribution in [3.05, 3.63) is 29.8 Å². The summed E-state index contributed by atoms with van der Waals surface area (Å²) in [4.78, 5) is 13.8. The number of nitrogens with zero attached hydrogens (tertiary/aromatic N) is 1. The predicted octanol–water partition coefficient (Wildman–Crippen LogP) is 8.10. The van der Waals surface area contributed by atoms with E-state index in [-0.39, 0.29) is 5.97 Å². The quantitative estimate of drug-likeness (QED) is 0.154. The van der Waals surface area contributed by atoms with Crippen molar-refractivity contribution in [2.24, 2.45) is 0 Å². The number of hydrogen-bond acceptors (Lipinski definition) is 3. The van der Waals surface area contributed by atoms with Gasteiger partial charge >= 0.3 is 5.97 Å². The van der Waals surface area contributed by atoms with Crippen LogP contribution < -0.4 is 4.90 Å². The summed E-state index contributed by atoms with van der Waals surface area (Å²) in [6, 6.07) is 8.61. The summed E-state index contributed by atoms with van der Waals surface area (Å²) < 4.78 is 4.99. The van der Waals surface area contributed by atoms with Crippen molar-refractivity contribution in [1.82, 2.24) is 0 Å². The van der Waals surface area contributed by atoms with Gasteiger partial charge in [-0.3, -0.25) is 4.79 Å². The Labute approximate surface area is 192 Å². The molecule has 3 nitrogen and oxygen atoms in total. The molecule has 0 fully saturated rings. The van der Waals surface area contributed by atoms with Crippen LogP contribution in [-0.2, 0) is 16.0 Å². The minimum absolute atomic E-state index is 0.110. The maximum Gasteiger partial charge on any atom is 0.306 e. The van der Waals surface area contributed by atoms with Crippen molar-refractivity contribution >= 4 is 11.7 Å². The Balaban J connectivity index is 1.98. The van der Waals surface area contributed by atoms with Crippen LogP contribution in [0, 0.1) is 0 Å². The second kappa shape index (κ2) is 19.2. The van der Waals surface area contributed by atoms with Crippen LogP contribution in [0.1, 0.15) is 116 Å². The first-order valence-corrected chi connectivity index (χ1v) is 13.1. The zero-order chi connectivity index (χ0) is 22.6. The lowest BCUT2D eigenvalue weighted by atomic mass is 10.0. The largest absolute Gasteiger partial charge is 0.466 e. The third-order valence-electron chi connectivity index (χ3n) is 6.15. The Bertz CT molecular complexity index is 540. The molecule has 1 aromatic carbocycles. The molecule has 0 spiro atoms. The van der Waals surface area contributed by atoms with Crippen LogP contribution in [0.25, 0.3) is 0 Å². The Kier molecular flexibility index (Phi) is 17.0. The second-order valence-electron chi connectivity index (χ2n) is 8.99. The highest BCUT2D eigenvalue weighted by atomic mass is 16.5. The molecule has 0 unspecified atom stereocenters. The number of benzene rings is 1. The number of esters is 1. The van der Waals surface area contributed by atoms with Gasteiger partial charge in [-0.1, -0.05) is 103 Å². The van der Waals surface area contributed by atoms with Gasteiger partial charge < -0.3 is 9.64 Å². The number of ether oxygens (including phenoxy) is 1. The van der Waals surface area contributed by atoms with Gasteiger partial charge in [-0.25, -0.2) is 0 Å². The van der Waals surface area contributed by atoms with Gasteiger partial charge in [-0.15, -0.1) is 0 Å². The fourth-order valence-electron chi connectivity index (χ4n) is 4.07. The fourth-order valence-corrected chi connectivity index (χ4v) is 4.07. The van der Waals surface area contributed by atoms with Crippen LogP contribution in [0.5, 0.6) is 0 Å². The summed E-state index contributed by atoms with van der Waals surface area (Å²) in [5.74, 6) is -0.110. The normalized spacial score (nSPS) is 10.9. The minimum atomic E-state index is -0.110. The van der Waals surface area contributed by atoms with E-state index in [1.54, 1.807) is 0 Å². The molecular formula is C28H49NO2. The predicted molar refractivity (Wildman–Crippen MR) is 135 cm³/mol. The summed E-state index contributed by atoms with van der Waals surface area (Å²) in [5, 5.41) is 0. The third-order valence-corrected chi connectivity index (χ3v) is 6.15. The average Bonchev–Trinajstić information content (AvgIpc) is 2.78. The van der Waals surface area contributed by atoms with Gasteiger partial charge in [0.2, 0.25) is 0 Å². The van der Waals surface area contributed by atoms with Gasteiger partial charge in [0.05, 0.1) is 6.61 Å². The standard InChI is InChI=1S/C28H49NO2/c1-4-6-7-8-9-10-11-12-13-14-15-16-17-18-25-29(3)27-22-19-26(20-23-27)21-24-28(30)31-5-2/h19-20,22-23H,4-18,21,24-25H2,1-3H3. The Morgan fingerprint density at radius 1 is 0.742 bits per heavy atom. The summed E-state index contributed by atoms with van der Waals surface area (Å²) >= 11 is 0. The third kappa shape index (κ3) is 15.0. The molecule has 1 rings (SSSR count). The highest BCUT2D eigenvalue weighted by molar-refractivity contribution is 5.69. The number of carbonyl (C=O) groups excluding carboxylic acids is 1. The van der Waals surface area contributed by atoms with E-state index < -0.39 is 0 Å². The molecule has 31 heavy (non-hydrogen) atoms. The molecule has 0 heterocycles. The van der Waals surface area contributed by atoms with E-state index in [1.165, 1.54) is 101 Å². The smallest absolute Gasteiger partial charge is 0.306 e. The summed E-state index contributed by atoms with van der Waals surface area (Å²) in [5.41, 5.74) is 2.45. The van der Waals surface area contributed by atoms with E-state index in [4.69, 9.17) is 4.74 Å². The summed E-state index contributed by atoms with van der Waals surface area (Å²) in [6.07, 6.45) is 20.8. The minimum Gasteiger partial charge on any atom is -0.466 e. The molecule has 0 aliphatic rings. The Morgan fingerprint density at radius 2 is 1.23 bits per heavy atom. The number of hydrogen-bond donors (Lipinski definition) is 0. The Hall–Kier alpha value is -1.51. The Morgan fingerprint density at radius 3 is 1.71 bits per heavy atom. The van der Waals surface area contributed by atoms with Gasteiger partial charge in [0.1, 0.15) is 0 Å². The molecule has 178 valence electrons. The average molecular weight is 432 g/mol. The van der Waals surface area contributed by atoms with Crippen LogP contribution in [-0.4, -0.2) is 26.2 Å². The molecule has 1 aromatic rings. The van der Waals surface area contributed by atoms with E-state index >= 15 is 0 Å². The zero-order valence-corrected chi connectivity index (χ0v) is 20.8. The lowest BCUT2D eigenvalue weighted by Crippen LogP contribution is -2.18. The lowest BCUT2D eigenvalue weighted by molar-refractivity contribution is -0.143. The molecule has 0 N–H and O–H groups in total. The van der Waals surface area contributed by atoms with E-state index in [0.717, 1.165) is 13.0 Å². The molecule has 3 heteroatoms.